The van der Waals surface area contributed by atoms with Crippen LogP contribution in [-0.2, 0) is 13.0 Å². The summed E-state index contributed by atoms with van der Waals surface area (Å²) < 4.78 is 38.6. The lowest BCUT2D eigenvalue weighted by molar-refractivity contribution is -0.385. The fourth-order valence-corrected chi connectivity index (χ4v) is 5.06. The van der Waals surface area contributed by atoms with E-state index >= 15 is 0 Å². The van der Waals surface area contributed by atoms with Crippen LogP contribution < -0.4 is 11.1 Å². The Morgan fingerprint density at radius 2 is 1.82 bits per heavy atom. The molecule has 12 heteroatoms. The molecule has 0 spiro atoms. The van der Waals surface area contributed by atoms with Gasteiger partial charge in [-0.1, -0.05) is 18.2 Å². The molecule has 0 amide bonds. The zero-order valence-corrected chi connectivity index (χ0v) is 20.0. The minimum Gasteiger partial charge on any atom is -0.378 e. The summed E-state index contributed by atoms with van der Waals surface area (Å²) in [6.07, 6.45) is 4.41. The highest BCUT2D eigenvalue weighted by Gasteiger charge is 2.31. The molecule has 0 atom stereocenters. The number of halogens is 3. The van der Waals surface area contributed by atoms with Crippen molar-refractivity contribution in [1.29, 1.82) is 0 Å². The number of nitrogen functional groups attached to an aromatic ring is 1. The molecule has 1 aliphatic rings. The van der Waals surface area contributed by atoms with E-state index in [0.29, 0.717) is 17.9 Å². The molecule has 3 N–H and O–H groups in total. The molecule has 8 nitrogen and oxygen atoms in total. The summed E-state index contributed by atoms with van der Waals surface area (Å²) in [7, 11) is 4.10. The van der Waals surface area contributed by atoms with Gasteiger partial charge in [-0.25, -0.2) is 4.98 Å². The van der Waals surface area contributed by atoms with Crippen molar-refractivity contribution in [1.82, 2.24) is 14.9 Å². The van der Waals surface area contributed by atoms with Crippen LogP contribution >= 0.6 is 11.8 Å². The Morgan fingerprint density at radius 1 is 1.18 bits per heavy atom. The Kier molecular flexibility index (Phi) is 8.58. The first-order valence-electron chi connectivity index (χ1n) is 11.0. The maximum atomic E-state index is 12.9. The maximum Gasteiger partial charge on any atom is 0.446 e. The van der Waals surface area contributed by atoms with Crippen LogP contribution in [0.5, 0.6) is 0 Å². The molecule has 0 radical (unpaired) electrons. The fraction of sp³-hybridized carbons (Fsp3) is 0.545. The van der Waals surface area contributed by atoms with Gasteiger partial charge in [-0.05, 0) is 81.4 Å². The quantitative estimate of drug-likeness (QED) is 0.279. The lowest BCUT2D eigenvalue weighted by Gasteiger charge is -2.30. The number of anilines is 2. The number of benzene rings is 1. The third-order valence-electron chi connectivity index (χ3n) is 5.87. The fourth-order valence-electron chi connectivity index (χ4n) is 4.40. The molecule has 1 aromatic carbocycles. The Morgan fingerprint density at radius 3 is 2.44 bits per heavy atom. The summed E-state index contributed by atoms with van der Waals surface area (Å²) in [5.74, 6) is 0.676. The Balaban J connectivity index is 1.74. The van der Waals surface area contributed by atoms with Gasteiger partial charge in [0.1, 0.15) is 5.69 Å². The maximum absolute atomic E-state index is 12.9. The van der Waals surface area contributed by atoms with Crippen molar-refractivity contribution in [2.24, 2.45) is 11.8 Å². The summed E-state index contributed by atoms with van der Waals surface area (Å²) >= 11 is -0.196. The first kappa shape index (κ1) is 26.0. The third-order valence-corrected chi connectivity index (χ3v) is 6.72. The zero-order chi connectivity index (χ0) is 24.9. The molecule has 0 aliphatic heterocycles. The number of rotatable bonds is 9. The predicted molar refractivity (Wildman–Crippen MR) is 126 cm³/mol. The Hall–Kier alpha value is -2.60. The van der Waals surface area contributed by atoms with E-state index in [9.17, 15) is 23.3 Å². The molecule has 0 bridgehead atoms. The first-order valence-corrected chi connectivity index (χ1v) is 11.9. The van der Waals surface area contributed by atoms with Gasteiger partial charge < -0.3 is 16.0 Å². The number of hydrogen-bond acceptors (Lipinski definition) is 8. The minimum absolute atomic E-state index is 0.0194. The normalized spacial score (nSPS) is 18.8. The van der Waals surface area contributed by atoms with E-state index < -0.39 is 10.4 Å². The molecule has 186 valence electrons. The van der Waals surface area contributed by atoms with Crippen LogP contribution in [0.3, 0.4) is 0 Å². The summed E-state index contributed by atoms with van der Waals surface area (Å²) in [6.45, 7) is 1.04. The van der Waals surface area contributed by atoms with Gasteiger partial charge in [0.15, 0.2) is 0 Å². The molecule has 1 saturated carbocycles. The van der Waals surface area contributed by atoms with Crippen molar-refractivity contribution in [3.8, 4) is 0 Å². The summed E-state index contributed by atoms with van der Waals surface area (Å²) in [6, 6.07) is 6.13. The lowest BCUT2D eigenvalue weighted by Crippen LogP contribution is -2.26. The molecule has 1 heterocycles. The molecular formula is C22H29F3N6O2S. The Labute approximate surface area is 200 Å². The summed E-state index contributed by atoms with van der Waals surface area (Å²) in [5.41, 5.74) is 1.85. The van der Waals surface area contributed by atoms with Crippen LogP contribution in [0.25, 0.3) is 0 Å². The summed E-state index contributed by atoms with van der Waals surface area (Å²) in [4.78, 5) is 21.6. The van der Waals surface area contributed by atoms with Crippen LogP contribution in [0.4, 0.5) is 30.6 Å². The van der Waals surface area contributed by atoms with Crippen LogP contribution in [0, 0.1) is 22.0 Å². The highest BCUT2D eigenvalue weighted by Crippen LogP contribution is 2.39. The number of nitro groups is 1. The van der Waals surface area contributed by atoms with Gasteiger partial charge in [0.25, 0.3) is 0 Å². The number of thioether (sulfide) groups is 1. The van der Waals surface area contributed by atoms with Gasteiger partial charge in [-0.15, -0.1) is 0 Å². The lowest BCUT2D eigenvalue weighted by atomic mass is 9.79. The summed E-state index contributed by atoms with van der Waals surface area (Å²) in [5, 5.41) is 14.5. The van der Waals surface area contributed by atoms with Crippen molar-refractivity contribution < 1.29 is 18.1 Å². The second-order valence-electron chi connectivity index (χ2n) is 8.85. The van der Waals surface area contributed by atoms with E-state index in [1.165, 1.54) is 12.1 Å². The van der Waals surface area contributed by atoms with Crippen molar-refractivity contribution in [3.05, 3.63) is 45.6 Å². The average molecular weight is 499 g/mol. The SMILES string of the molecule is CN(C)CC1CCC(Cc2nc(NCc3ccccc3SC(F)(F)F)nc(N)c2[N+](=O)[O-])CC1. The highest BCUT2D eigenvalue weighted by molar-refractivity contribution is 8.00. The first-order chi connectivity index (χ1) is 16.0. The number of aromatic nitrogens is 2. The largest absolute Gasteiger partial charge is 0.446 e. The number of alkyl halides is 3. The van der Waals surface area contributed by atoms with Gasteiger partial charge in [0.2, 0.25) is 11.8 Å². The van der Waals surface area contributed by atoms with Crippen LogP contribution in [0.15, 0.2) is 29.2 Å². The molecule has 0 saturated heterocycles. The number of nitrogens with one attached hydrogen (secondary N) is 1. The van der Waals surface area contributed by atoms with E-state index in [1.807, 2.05) is 14.1 Å². The topological polar surface area (TPSA) is 110 Å². The highest BCUT2D eigenvalue weighted by atomic mass is 32.2. The monoisotopic (exact) mass is 498 g/mol. The Bertz CT molecular complexity index is 997. The van der Waals surface area contributed by atoms with Gasteiger partial charge in [0, 0.05) is 18.0 Å². The molecule has 0 unspecified atom stereocenters. The third kappa shape index (κ3) is 7.45. The number of nitrogens with two attached hydrogens (primary N) is 1. The number of nitrogens with zero attached hydrogens (tertiary/aromatic N) is 4. The van der Waals surface area contributed by atoms with Crippen LogP contribution in [0.1, 0.15) is 36.9 Å². The van der Waals surface area contributed by atoms with Crippen LogP contribution in [0.2, 0.25) is 0 Å². The zero-order valence-electron chi connectivity index (χ0n) is 19.1. The van der Waals surface area contributed by atoms with Gasteiger partial charge in [-0.2, -0.15) is 18.2 Å². The molecule has 1 aromatic heterocycles. The van der Waals surface area contributed by atoms with Gasteiger partial charge in [-0.3, -0.25) is 10.1 Å². The van der Waals surface area contributed by atoms with Crippen molar-refractivity contribution in [2.75, 3.05) is 31.7 Å². The molecule has 1 aliphatic carbocycles. The van der Waals surface area contributed by atoms with Gasteiger partial charge >= 0.3 is 11.2 Å². The molecule has 34 heavy (non-hydrogen) atoms. The molecule has 3 rings (SSSR count). The second kappa shape index (κ2) is 11.2. The molecular weight excluding hydrogens is 469 g/mol. The van der Waals surface area contributed by atoms with Gasteiger partial charge in [0.05, 0.1) is 4.92 Å². The minimum atomic E-state index is -4.41. The van der Waals surface area contributed by atoms with Crippen molar-refractivity contribution in [2.45, 2.75) is 49.1 Å². The molecule has 2 aromatic rings. The van der Waals surface area contributed by atoms with Crippen molar-refractivity contribution in [3.63, 3.8) is 0 Å². The average Bonchev–Trinajstić information content (AvgIpc) is 2.72. The number of hydrogen-bond donors (Lipinski definition) is 2. The smallest absolute Gasteiger partial charge is 0.378 e. The van der Waals surface area contributed by atoms with E-state index in [2.05, 4.69) is 20.2 Å². The van der Waals surface area contributed by atoms with Crippen LogP contribution in [-0.4, -0.2) is 45.9 Å². The second-order valence-corrected chi connectivity index (χ2v) is 9.95. The molecule has 1 fully saturated rings. The standard InChI is InChI=1S/C22H29F3N6O2S/c1-30(2)13-15-9-7-14(8-10-15)11-17-19(31(32)33)20(26)29-21(28-17)27-12-16-5-3-4-6-18(16)34-22(23,24)25/h3-6,14-15H,7-13H2,1-2H3,(H3,26,27,28,29). The van der Waals surface area contributed by atoms with E-state index in [1.54, 1.807) is 12.1 Å². The van der Waals surface area contributed by atoms with E-state index in [4.69, 9.17) is 5.73 Å². The van der Waals surface area contributed by atoms with E-state index in [-0.39, 0.29) is 52.3 Å². The van der Waals surface area contributed by atoms with E-state index in [0.717, 1.165) is 32.2 Å². The van der Waals surface area contributed by atoms with Crippen molar-refractivity contribution >= 4 is 29.2 Å². The predicted octanol–water partition coefficient (Wildman–Crippen LogP) is 5.10.